The zero-order chi connectivity index (χ0) is 22.8. The summed E-state index contributed by atoms with van der Waals surface area (Å²) in [6.07, 6.45) is 0. The average molecular weight is 444 g/mol. The van der Waals surface area contributed by atoms with Crippen molar-refractivity contribution in [3.8, 4) is 17.3 Å². The lowest BCUT2D eigenvalue weighted by Gasteiger charge is -2.19. The first-order valence-corrected chi connectivity index (χ1v) is 10.2. The van der Waals surface area contributed by atoms with Crippen molar-refractivity contribution < 1.29 is 9.90 Å². The minimum Gasteiger partial charge on any atom is -0.476 e. The summed E-state index contributed by atoms with van der Waals surface area (Å²) in [4.78, 5) is 24.9. The van der Waals surface area contributed by atoms with Gasteiger partial charge in [-0.3, -0.25) is 0 Å². The van der Waals surface area contributed by atoms with Crippen LogP contribution < -0.4 is 5.32 Å². The van der Waals surface area contributed by atoms with Gasteiger partial charge in [0.2, 0.25) is 0 Å². The van der Waals surface area contributed by atoms with Crippen LogP contribution in [0.3, 0.4) is 0 Å². The molecule has 2 aromatic carbocycles. The van der Waals surface area contributed by atoms with Gasteiger partial charge in [-0.05, 0) is 37.6 Å². The number of benzene rings is 2. The van der Waals surface area contributed by atoms with E-state index < -0.39 is 5.97 Å². The first-order chi connectivity index (χ1) is 15.4. The highest BCUT2D eigenvalue weighted by Crippen LogP contribution is 2.31. The SMILES string of the molecule is Cc1cc([C@@H](C)Nc2ccc(Cl)nc2C(=O)O)c2nc(-c3ccccc3)c(C#N)nc2c1. The molecule has 2 heterocycles. The van der Waals surface area contributed by atoms with Gasteiger partial charge in [-0.15, -0.1) is 0 Å². The molecule has 0 fully saturated rings. The minimum atomic E-state index is -1.18. The van der Waals surface area contributed by atoms with Crippen molar-refractivity contribution in [1.82, 2.24) is 15.0 Å². The topological polar surface area (TPSA) is 112 Å². The molecule has 0 aliphatic rings. The number of rotatable bonds is 5. The maximum Gasteiger partial charge on any atom is 0.356 e. The molecule has 0 saturated carbocycles. The predicted octanol–water partition coefficient (Wildman–Crippen LogP) is 5.40. The van der Waals surface area contributed by atoms with Crippen LogP contribution in [-0.4, -0.2) is 26.0 Å². The molecule has 0 amide bonds. The predicted molar refractivity (Wildman–Crippen MR) is 123 cm³/mol. The number of hydrogen-bond donors (Lipinski definition) is 2. The molecule has 0 aliphatic carbocycles. The number of hydrogen-bond acceptors (Lipinski definition) is 6. The number of carboxylic acid groups (broad SMARTS) is 1. The number of aromatic nitrogens is 3. The lowest BCUT2D eigenvalue weighted by atomic mass is 10.0. The fourth-order valence-electron chi connectivity index (χ4n) is 3.56. The number of aryl methyl sites for hydroxylation is 1. The Bertz CT molecular complexity index is 1380. The Morgan fingerprint density at radius 1 is 1.12 bits per heavy atom. The Labute approximate surface area is 189 Å². The Morgan fingerprint density at radius 2 is 1.88 bits per heavy atom. The first-order valence-electron chi connectivity index (χ1n) is 9.81. The van der Waals surface area contributed by atoms with Gasteiger partial charge in [0.05, 0.1) is 22.8 Å². The number of anilines is 1. The summed E-state index contributed by atoms with van der Waals surface area (Å²) < 4.78 is 0. The number of aromatic carboxylic acids is 1. The van der Waals surface area contributed by atoms with Gasteiger partial charge in [-0.1, -0.05) is 48.0 Å². The molecular formula is C24H18ClN5O2. The van der Waals surface area contributed by atoms with E-state index in [1.807, 2.05) is 56.3 Å². The van der Waals surface area contributed by atoms with Crippen LogP contribution in [0.1, 0.15) is 40.3 Å². The number of nitrogens with zero attached hydrogens (tertiary/aromatic N) is 4. The lowest BCUT2D eigenvalue weighted by molar-refractivity contribution is 0.0691. The number of carboxylic acids is 1. The molecule has 8 heteroatoms. The second kappa shape index (κ2) is 8.61. The first kappa shape index (κ1) is 21.2. The van der Waals surface area contributed by atoms with Crippen molar-refractivity contribution in [3.05, 3.63) is 82.3 Å². The fraction of sp³-hybridized carbons (Fsp3) is 0.125. The van der Waals surface area contributed by atoms with Gasteiger partial charge in [0.1, 0.15) is 16.9 Å². The third kappa shape index (κ3) is 4.09. The van der Waals surface area contributed by atoms with Crippen molar-refractivity contribution in [1.29, 1.82) is 5.26 Å². The van der Waals surface area contributed by atoms with Crippen LogP contribution in [0.4, 0.5) is 5.69 Å². The van der Waals surface area contributed by atoms with Crippen LogP contribution in [0.5, 0.6) is 0 Å². The van der Waals surface area contributed by atoms with Crippen molar-refractivity contribution in [3.63, 3.8) is 0 Å². The zero-order valence-electron chi connectivity index (χ0n) is 17.3. The van der Waals surface area contributed by atoms with E-state index in [2.05, 4.69) is 21.4 Å². The minimum absolute atomic E-state index is 0.101. The number of pyridine rings is 1. The van der Waals surface area contributed by atoms with Crippen molar-refractivity contribution in [2.75, 3.05) is 5.32 Å². The lowest BCUT2D eigenvalue weighted by Crippen LogP contribution is -2.13. The second-order valence-electron chi connectivity index (χ2n) is 7.32. The van der Waals surface area contributed by atoms with Crippen LogP contribution in [0.25, 0.3) is 22.3 Å². The van der Waals surface area contributed by atoms with Gasteiger partial charge in [0.25, 0.3) is 0 Å². The molecule has 2 N–H and O–H groups in total. The quantitative estimate of drug-likeness (QED) is 0.397. The molecule has 7 nitrogen and oxygen atoms in total. The highest BCUT2D eigenvalue weighted by molar-refractivity contribution is 6.29. The molecule has 32 heavy (non-hydrogen) atoms. The third-order valence-electron chi connectivity index (χ3n) is 5.00. The normalized spacial score (nSPS) is 11.7. The monoisotopic (exact) mass is 443 g/mol. The summed E-state index contributed by atoms with van der Waals surface area (Å²) in [5, 5.41) is 22.5. The summed E-state index contributed by atoms with van der Waals surface area (Å²) in [5.41, 5.74) is 4.71. The van der Waals surface area contributed by atoms with Crippen molar-refractivity contribution in [2.45, 2.75) is 19.9 Å². The van der Waals surface area contributed by atoms with Crippen molar-refractivity contribution in [2.24, 2.45) is 0 Å². The smallest absolute Gasteiger partial charge is 0.356 e. The van der Waals surface area contributed by atoms with E-state index in [9.17, 15) is 15.2 Å². The fourth-order valence-corrected chi connectivity index (χ4v) is 3.71. The van der Waals surface area contributed by atoms with E-state index in [0.29, 0.717) is 22.4 Å². The molecule has 2 aromatic heterocycles. The van der Waals surface area contributed by atoms with E-state index in [-0.39, 0.29) is 22.6 Å². The molecule has 1 atom stereocenters. The van der Waals surface area contributed by atoms with Crippen LogP contribution >= 0.6 is 11.6 Å². The van der Waals surface area contributed by atoms with E-state index in [4.69, 9.17) is 16.6 Å². The summed E-state index contributed by atoms with van der Waals surface area (Å²) in [6.45, 7) is 3.83. The van der Waals surface area contributed by atoms with Gasteiger partial charge in [0, 0.05) is 11.1 Å². The van der Waals surface area contributed by atoms with Gasteiger partial charge < -0.3 is 10.4 Å². The molecular weight excluding hydrogens is 426 g/mol. The molecule has 0 radical (unpaired) electrons. The van der Waals surface area contributed by atoms with Gasteiger partial charge in [-0.25, -0.2) is 19.7 Å². The maximum atomic E-state index is 11.6. The van der Waals surface area contributed by atoms with Gasteiger partial charge >= 0.3 is 5.97 Å². The van der Waals surface area contributed by atoms with Gasteiger partial charge in [-0.2, -0.15) is 5.26 Å². The Morgan fingerprint density at radius 3 is 2.56 bits per heavy atom. The largest absolute Gasteiger partial charge is 0.476 e. The number of carbonyl (C=O) groups is 1. The summed E-state index contributed by atoms with van der Waals surface area (Å²) in [7, 11) is 0. The van der Waals surface area contributed by atoms with Crippen LogP contribution in [-0.2, 0) is 0 Å². The molecule has 0 unspecified atom stereocenters. The number of nitrogens with one attached hydrogen (secondary N) is 1. The van der Waals surface area contributed by atoms with E-state index in [1.54, 1.807) is 6.07 Å². The Hall–Kier alpha value is -4.02. The van der Waals surface area contributed by atoms with Gasteiger partial charge in [0.15, 0.2) is 11.4 Å². The molecule has 0 spiro atoms. The van der Waals surface area contributed by atoms with Crippen LogP contribution in [0, 0.1) is 18.3 Å². The Balaban J connectivity index is 1.86. The highest BCUT2D eigenvalue weighted by atomic mass is 35.5. The Kier molecular flexibility index (Phi) is 5.71. The summed E-state index contributed by atoms with van der Waals surface area (Å²) in [6, 6.07) is 18.2. The number of nitriles is 1. The van der Waals surface area contributed by atoms with E-state index in [0.717, 1.165) is 16.7 Å². The zero-order valence-corrected chi connectivity index (χ0v) is 18.1. The van der Waals surface area contributed by atoms with Crippen LogP contribution in [0.15, 0.2) is 54.6 Å². The van der Waals surface area contributed by atoms with E-state index in [1.165, 1.54) is 6.07 Å². The molecule has 4 aromatic rings. The van der Waals surface area contributed by atoms with E-state index >= 15 is 0 Å². The standard InChI is InChI=1S/C24H18ClN5O2/c1-13-10-16(14(2)27-17-8-9-20(25)29-23(17)24(31)32)22-18(11-13)28-19(12-26)21(30-22)15-6-4-3-5-7-15/h3-11,14,27H,1-2H3,(H,31,32)/t14-/m1/s1. The molecule has 158 valence electrons. The second-order valence-corrected chi connectivity index (χ2v) is 7.71. The summed E-state index contributed by atoms with van der Waals surface area (Å²) in [5.74, 6) is -1.18. The third-order valence-corrected chi connectivity index (χ3v) is 5.21. The van der Waals surface area contributed by atoms with Crippen LogP contribution in [0.2, 0.25) is 5.15 Å². The maximum absolute atomic E-state index is 11.6. The highest BCUT2D eigenvalue weighted by Gasteiger charge is 2.19. The number of halogens is 1. The summed E-state index contributed by atoms with van der Waals surface area (Å²) >= 11 is 5.87. The average Bonchev–Trinajstić information content (AvgIpc) is 2.79. The molecule has 0 saturated heterocycles. The number of fused-ring (bicyclic) bond motifs is 1. The molecule has 0 bridgehead atoms. The molecule has 4 rings (SSSR count). The molecule has 0 aliphatic heterocycles. The van der Waals surface area contributed by atoms with Crippen molar-refractivity contribution >= 4 is 34.3 Å².